The minimum absolute atomic E-state index is 0.00484. The molecule has 108 valence electrons. The fourth-order valence-electron chi connectivity index (χ4n) is 3.06. The topological polar surface area (TPSA) is 49.0 Å². The minimum Gasteiger partial charge on any atom is -0.379 e. The van der Waals surface area contributed by atoms with Crippen molar-refractivity contribution < 1.29 is 4.74 Å². The van der Waals surface area contributed by atoms with Crippen LogP contribution in [0.1, 0.15) is 12.5 Å². The zero-order chi connectivity index (χ0) is 14.6. The van der Waals surface area contributed by atoms with E-state index in [-0.39, 0.29) is 11.7 Å². The van der Waals surface area contributed by atoms with Gasteiger partial charge in [-0.25, -0.2) is 4.79 Å². The number of nitrogens with zero attached hydrogens (tertiary/aromatic N) is 3. The molecule has 6 heteroatoms. The minimum atomic E-state index is -0.00484. The third-order valence-electron chi connectivity index (χ3n) is 4.15. The lowest BCUT2D eigenvalue weighted by atomic mass is 10.1. The molecule has 0 amide bonds. The number of benzene rings is 1. The predicted octanol–water partition coefficient (Wildman–Crippen LogP) is 2.61. The van der Waals surface area contributed by atoms with Crippen LogP contribution in [0.15, 0.2) is 33.7 Å². The molecule has 0 spiro atoms. The molecule has 1 aromatic carbocycles. The van der Waals surface area contributed by atoms with Gasteiger partial charge in [-0.15, -0.1) is 0 Å². The maximum atomic E-state index is 12.6. The van der Waals surface area contributed by atoms with Crippen LogP contribution in [0.4, 0.5) is 0 Å². The van der Waals surface area contributed by atoms with Gasteiger partial charge in [-0.1, -0.05) is 15.9 Å². The van der Waals surface area contributed by atoms with E-state index in [1.165, 1.54) is 0 Å². The fraction of sp³-hybridized carbons (Fsp3) is 0.333. The third-order valence-corrected chi connectivity index (χ3v) is 4.64. The number of ether oxygens (including phenoxy) is 1. The number of pyridine rings is 1. The lowest BCUT2D eigenvalue weighted by Gasteiger charge is -2.11. The van der Waals surface area contributed by atoms with Crippen LogP contribution in [0.2, 0.25) is 0 Å². The van der Waals surface area contributed by atoms with Crippen LogP contribution < -0.4 is 5.69 Å². The Balaban J connectivity index is 2.18. The number of halogens is 1. The Labute approximate surface area is 129 Å². The normalized spacial score (nSPS) is 18.9. The molecule has 4 rings (SSSR count). The van der Waals surface area contributed by atoms with Crippen LogP contribution in [0, 0.1) is 0 Å². The van der Waals surface area contributed by atoms with Crippen molar-refractivity contribution in [3.05, 3.63) is 39.4 Å². The van der Waals surface area contributed by atoms with E-state index < -0.39 is 0 Å². The van der Waals surface area contributed by atoms with Gasteiger partial charge in [-0.05, 0) is 24.6 Å². The maximum Gasteiger partial charge on any atom is 0.329 e. The Bertz CT molecular complexity index is 907. The number of aryl methyl sites for hydroxylation is 1. The predicted molar refractivity (Wildman–Crippen MR) is 84.7 cm³/mol. The molecule has 2 aromatic heterocycles. The van der Waals surface area contributed by atoms with Gasteiger partial charge >= 0.3 is 5.69 Å². The highest BCUT2D eigenvalue weighted by Crippen LogP contribution is 2.29. The Morgan fingerprint density at radius 2 is 2.29 bits per heavy atom. The molecular formula is C15H14BrN3O2. The molecule has 0 saturated carbocycles. The fourth-order valence-corrected chi connectivity index (χ4v) is 3.42. The van der Waals surface area contributed by atoms with Gasteiger partial charge in [0.05, 0.1) is 35.4 Å². The van der Waals surface area contributed by atoms with Gasteiger partial charge in [-0.2, -0.15) is 0 Å². The lowest BCUT2D eigenvalue weighted by Crippen LogP contribution is -2.26. The van der Waals surface area contributed by atoms with Crippen molar-refractivity contribution >= 4 is 37.9 Å². The Hall–Kier alpha value is -1.66. The molecule has 1 saturated heterocycles. The first-order valence-electron chi connectivity index (χ1n) is 6.90. The zero-order valence-corrected chi connectivity index (χ0v) is 13.1. The number of hydrogen-bond acceptors (Lipinski definition) is 3. The first-order chi connectivity index (χ1) is 10.2. The lowest BCUT2D eigenvalue weighted by molar-refractivity contribution is 0.186. The van der Waals surface area contributed by atoms with Gasteiger partial charge < -0.3 is 4.74 Å². The Morgan fingerprint density at radius 3 is 3.05 bits per heavy atom. The summed E-state index contributed by atoms with van der Waals surface area (Å²) in [5, 5.41) is 0.992. The monoisotopic (exact) mass is 347 g/mol. The smallest absolute Gasteiger partial charge is 0.329 e. The SMILES string of the molecule is Cn1c(=O)n(C2CCOC2)c2c3cc(Br)ccc3ncc21. The average Bonchev–Trinajstić information content (AvgIpc) is 3.08. The number of fused-ring (bicyclic) bond motifs is 3. The molecule has 1 atom stereocenters. The van der Waals surface area contributed by atoms with Gasteiger partial charge in [0.15, 0.2) is 0 Å². The van der Waals surface area contributed by atoms with E-state index in [4.69, 9.17) is 4.74 Å². The highest BCUT2D eigenvalue weighted by atomic mass is 79.9. The summed E-state index contributed by atoms with van der Waals surface area (Å²) in [4.78, 5) is 17.1. The van der Waals surface area contributed by atoms with Crippen LogP contribution in [-0.2, 0) is 11.8 Å². The zero-order valence-electron chi connectivity index (χ0n) is 11.5. The van der Waals surface area contributed by atoms with Gasteiger partial charge in [-0.3, -0.25) is 14.1 Å². The number of hydrogen-bond donors (Lipinski definition) is 0. The summed E-state index contributed by atoms with van der Waals surface area (Å²) in [6, 6.07) is 6.05. The molecule has 0 N–H and O–H groups in total. The Kier molecular flexibility index (Phi) is 2.90. The molecule has 1 unspecified atom stereocenters. The van der Waals surface area contributed by atoms with Crippen LogP contribution in [0.5, 0.6) is 0 Å². The summed E-state index contributed by atoms with van der Waals surface area (Å²) < 4.78 is 9.99. The molecule has 1 fully saturated rings. The quantitative estimate of drug-likeness (QED) is 0.679. The third kappa shape index (κ3) is 1.86. The first kappa shape index (κ1) is 13.0. The van der Waals surface area contributed by atoms with Crippen LogP contribution in [0.25, 0.3) is 21.9 Å². The highest BCUT2D eigenvalue weighted by molar-refractivity contribution is 9.10. The van der Waals surface area contributed by atoms with Crippen molar-refractivity contribution in [3.63, 3.8) is 0 Å². The van der Waals surface area contributed by atoms with E-state index in [1.54, 1.807) is 17.8 Å². The average molecular weight is 348 g/mol. The summed E-state index contributed by atoms with van der Waals surface area (Å²) in [6.45, 7) is 1.30. The van der Waals surface area contributed by atoms with Crippen molar-refractivity contribution in [2.75, 3.05) is 13.2 Å². The number of aromatic nitrogens is 3. The molecule has 0 bridgehead atoms. The molecule has 21 heavy (non-hydrogen) atoms. The second-order valence-corrected chi connectivity index (χ2v) is 6.30. The van der Waals surface area contributed by atoms with E-state index in [0.29, 0.717) is 13.2 Å². The summed E-state index contributed by atoms with van der Waals surface area (Å²) in [5.41, 5.74) is 2.69. The van der Waals surface area contributed by atoms with Gasteiger partial charge in [0.2, 0.25) is 0 Å². The standard InChI is InChI=1S/C15H14BrN3O2/c1-18-13-7-17-12-3-2-9(16)6-11(12)14(13)19(15(18)20)10-4-5-21-8-10/h2-3,6-7,10H,4-5,8H2,1H3. The van der Waals surface area contributed by atoms with E-state index in [2.05, 4.69) is 20.9 Å². The second-order valence-electron chi connectivity index (χ2n) is 5.38. The summed E-state index contributed by atoms with van der Waals surface area (Å²) in [5.74, 6) is 0. The summed E-state index contributed by atoms with van der Waals surface area (Å²) in [6.07, 6.45) is 2.65. The molecule has 3 aromatic rings. The maximum absolute atomic E-state index is 12.6. The van der Waals surface area contributed by atoms with Crippen LogP contribution in [0.3, 0.4) is 0 Å². The first-order valence-corrected chi connectivity index (χ1v) is 7.69. The van der Waals surface area contributed by atoms with E-state index in [1.807, 2.05) is 22.8 Å². The second kappa shape index (κ2) is 4.68. The van der Waals surface area contributed by atoms with Gasteiger partial charge in [0, 0.05) is 23.5 Å². The largest absolute Gasteiger partial charge is 0.379 e. The van der Waals surface area contributed by atoms with E-state index in [0.717, 1.165) is 32.8 Å². The van der Waals surface area contributed by atoms with Crippen molar-refractivity contribution in [2.24, 2.45) is 7.05 Å². The molecular weight excluding hydrogens is 334 g/mol. The van der Waals surface area contributed by atoms with Crippen molar-refractivity contribution in [1.29, 1.82) is 0 Å². The summed E-state index contributed by atoms with van der Waals surface area (Å²) >= 11 is 3.50. The summed E-state index contributed by atoms with van der Waals surface area (Å²) in [7, 11) is 1.79. The Morgan fingerprint density at radius 1 is 1.43 bits per heavy atom. The number of imidazole rings is 1. The van der Waals surface area contributed by atoms with Crippen molar-refractivity contribution in [3.8, 4) is 0 Å². The van der Waals surface area contributed by atoms with E-state index >= 15 is 0 Å². The van der Waals surface area contributed by atoms with Crippen molar-refractivity contribution in [1.82, 2.24) is 14.1 Å². The molecule has 1 aliphatic heterocycles. The molecule has 5 nitrogen and oxygen atoms in total. The molecule has 0 aliphatic carbocycles. The molecule has 3 heterocycles. The van der Waals surface area contributed by atoms with Crippen LogP contribution >= 0.6 is 15.9 Å². The van der Waals surface area contributed by atoms with Crippen molar-refractivity contribution in [2.45, 2.75) is 12.5 Å². The highest BCUT2D eigenvalue weighted by Gasteiger charge is 2.24. The van der Waals surface area contributed by atoms with Crippen LogP contribution in [-0.4, -0.2) is 27.3 Å². The van der Waals surface area contributed by atoms with E-state index in [9.17, 15) is 4.79 Å². The molecule has 0 radical (unpaired) electrons. The molecule has 1 aliphatic rings. The van der Waals surface area contributed by atoms with Gasteiger partial charge in [0.25, 0.3) is 0 Å². The number of rotatable bonds is 1. The van der Waals surface area contributed by atoms with Gasteiger partial charge in [0.1, 0.15) is 0 Å².